The fourth-order valence-corrected chi connectivity index (χ4v) is 4.59. The number of amides is 2. The monoisotopic (exact) mass is 543 g/mol. The molecule has 2 amide bonds. The number of aromatic carboxylic acids is 1. The minimum Gasteiger partial charge on any atom is -0.545 e. The van der Waals surface area contributed by atoms with Gasteiger partial charge in [0.2, 0.25) is 11.8 Å². The zero-order valence-electron chi connectivity index (χ0n) is 21.1. The molecule has 0 aromatic heterocycles. The quantitative estimate of drug-likeness (QED) is 0.369. The molecular formula is C28H27ClN3NaO5. The molecule has 0 unspecified atom stereocenters. The molecule has 0 radical (unpaired) electrons. The van der Waals surface area contributed by atoms with Gasteiger partial charge in [-0.3, -0.25) is 14.5 Å². The van der Waals surface area contributed by atoms with E-state index in [1.54, 1.807) is 4.90 Å². The van der Waals surface area contributed by atoms with Crippen molar-refractivity contribution in [3.63, 3.8) is 0 Å². The number of halogens is 1. The van der Waals surface area contributed by atoms with Gasteiger partial charge in [0.15, 0.2) is 0 Å². The molecule has 0 saturated carbocycles. The smallest absolute Gasteiger partial charge is 0.545 e. The summed E-state index contributed by atoms with van der Waals surface area (Å²) in [5.41, 5.74) is 2.21. The third kappa shape index (κ3) is 7.89. The van der Waals surface area contributed by atoms with Gasteiger partial charge in [0, 0.05) is 36.8 Å². The van der Waals surface area contributed by atoms with Crippen LogP contribution in [-0.2, 0) is 14.3 Å². The van der Waals surface area contributed by atoms with Gasteiger partial charge in [-0.15, -0.1) is 0 Å². The van der Waals surface area contributed by atoms with Gasteiger partial charge in [-0.2, -0.15) is 0 Å². The molecule has 1 aliphatic rings. The van der Waals surface area contributed by atoms with E-state index >= 15 is 0 Å². The SMILES string of the molecule is O=C(COCC(=O)N1CCN(C(c2ccccc2)c2ccccc2)CC1)Nc1cc(Cl)ccc1C(=O)[O-].[Na+]. The first-order valence-corrected chi connectivity index (χ1v) is 12.3. The van der Waals surface area contributed by atoms with Crippen molar-refractivity contribution in [1.82, 2.24) is 9.80 Å². The van der Waals surface area contributed by atoms with Gasteiger partial charge in [0.1, 0.15) is 13.2 Å². The molecule has 0 bridgehead atoms. The molecule has 38 heavy (non-hydrogen) atoms. The molecule has 192 valence electrons. The summed E-state index contributed by atoms with van der Waals surface area (Å²) in [6, 6.07) is 24.6. The predicted octanol–water partition coefficient (Wildman–Crippen LogP) is -0.404. The molecule has 10 heteroatoms. The zero-order chi connectivity index (χ0) is 26.2. The van der Waals surface area contributed by atoms with Crippen LogP contribution in [0.15, 0.2) is 78.9 Å². The third-order valence-corrected chi connectivity index (χ3v) is 6.43. The first-order valence-electron chi connectivity index (χ1n) is 11.9. The second-order valence-electron chi connectivity index (χ2n) is 8.66. The molecule has 3 aromatic carbocycles. The van der Waals surface area contributed by atoms with Gasteiger partial charge in [-0.25, -0.2) is 0 Å². The summed E-state index contributed by atoms with van der Waals surface area (Å²) in [6.45, 7) is 1.82. The number of carbonyl (C=O) groups excluding carboxylic acids is 3. The summed E-state index contributed by atoms with van der Waals surface area (Å²) in [7, 11) is 0. The van der Waals surface area contributed by atoms with Crippen LogP contribution in [0.1, 0.15) is 27.5 Å². The van der Waals surface area contributed by atoms with Crippen LogP contribution in [0.2, 0.25) is 5.02 Å². The largest absolute Gasteiger partial charge is 1.00 e. The van der Waals surface area contributed by atoms with Crippen molar-refractivity contribution in [2.75, 3.05) is 44.7 Å². The second kappa shape index (κ2) is 14.4. The average Bonchev–Trinajstić information content (AvgIpc) is 2.90. The summed E-state index contributed by atoms with van der Waals surface area (Å²) in [6.07, 6.45) is 0. The molecule has 1 heterocycles. The van der Waals surface area contributed by atoms with Crippen molar-refractivity contribution in [2.45, 2.75) is 6.04 Å². The van der Waals surface area contributed by atoms with Crippen molar-refractivity contribution in [3.05, 3.63) is 101 Å². The van der Waals surface area contributed by atoms with Crippen LogP contribution in [0.25, 0.3) is 0 Å². The van der Waals surface area contributed by atoms with E-state index in [0.29, 0.717) is 26.2 Å². The molecule has 0 aliphatic carbocycles. The van der Waals surface area contributed by atoms with Gasteiger partial charge in [-0.05, 0) is 29.3 Å². The van der Waals surface area contributed by atoms with Gasteiger partial charge >= 0.3 is 29.6 Å². The van der Waals surface area contributed by atoms with E-state index in [9.17, 15) is 19.5 Å². The summed E-state index contributed by atoms with van der Waals surface area (Å²) in [4.78, 5) is 40.2. The van der Waals surface area contributed by atoms with E-state index in [1.807, 2.05) is 36.4 Å². The number of piperazine rings is 1. The van der Waals surface area contributed by atoms with Gasteiger partial charge in [-0.1, -0.05) is 72.3 Å². The Labute approximate surface area is 248 Å². The number of benzene rings is 3. The van der Waals surface area contributed by atoms with E-state index in [4.69, 9.17) is 16.3 Å². The molecule has 1 saturated heterocycles. The van der Waals surface area contributed by atoms with Crippen molar-refractivity contribution < 1.29 is 53.8 Å². The Balaban J connectivity index is 0.00000400. The van der Waals surface area contributed by atoms with E-state index in [-0.39, 0.29) is 64.4 Å². The van der Waals surface area contributed by atoms with Crippen LogP contribution in [0.5, 0.6) is 0 Å². The number of anilines is 1. The van der Waals surface area contributed by atoms with E-state index < -0.39 is 18.5 Å². The van der Waals surface area contributed by atoms with Crippen molar-refractivity contribution in [3.8, 4) is 0 Å². The summed E-state index contributed by atoms with van der Waals surface area (Å²) >= 11 is 5.89. The number of carbonyl (C=O) groups is 3. The Morgan fingerprint density at radius 3 is 2.00 bits per heavy atom. The molecule has 4 rings (SSSR count). The molecule has 0 atom stereocenters. The summed E-state index contributed by atoms with van der Waals surface area (Å²) in [5.74, 6) is -2.25. The molecular weight excluding hydrogens is 517 g/mol. The normalized spacial score (nSPS) is 13.6. The van der Waals surface area contributed by atoms with Crippen molar-refractivity contribution in [2.24, 2.45) is 0 Å². The topological polar surface area (TPSA) is 102 Å². The first kappa shape index (κ1) is 29.8. The molecule has 3 aromatic rings. The van der Waals surface area contributed by atoms with Gasteiger partial charge in [0.05, 0.1) is 17.7 Å². The number of ether oxygens (including phenoxy) is 1. The third-order valence-electron chi connectivity index (χ3n) is 6.20. The molecule has 1 aliphatic heterocycles. The number of carboxylic acids is 1. The molecule has 1 N–H and O–H groups in total. The second-order valence-corrected chi connectivity index (χ2v) is 9.10. The molecule has 8 nitrogen and oxygen atoms in total. The van der Waals surface area contributed by atoms with Crippen LogP contribution in [-0.4, -0.2) is 67.0 Å². The maximum Gasteiger partial charge on any atom is 1.00 e. The van der Waals surface area contributed by atoms with Crippen LogP contribution in [0.3, 0.4) is 0 Å². The summed E-state index contributed by atoms with van der Waals surface area (Å²) in [5, 5.41) is 13.9. The van der Waals surface area contributed by atoms with Crippen LogP contribution in [0.4, 0.5) is 5.69 Å². The Morgan fingerprint density at radius 1 is 0.868 bits per heavy atom. The Bertz CT molecular complexity index is 1200. The average molecular weight is 544 g/mol. The van der Waals surface area contributed by atoms with Gasteiger partial charge < -0.3 is 24.9 Å². The van der Waals surface area contributed by atoms with Crippen molar-refractivity contribution in [1.29, 1.82) is 0 Å². The Morgan fingerprint density at radius 2 is 1.45 bits per heavy atom. The van der Waals surface area contributed by atoms with Crippen LogP contribution >= 0.6 is 11.6 Å². The number of rotatable bonds is 9. The minimum absolute atomic E-state index is 0. The van der Waals surface area contributed by atoms with Crippen LogP contribution < -0.4 is 40.0 Å². The number of carboxylic acid groups (broad SMARTS) is 1. The number of hydrogen-bond acceptors (Lipinski definition) is 6. The number of nitrogens with zero attached hydrogens (tertiary/aromatic N) is 2. The van der Waals surface area contributed by atoms with Crippen molar-refractivity contribution >= 4 is 35.1 Å². The summed E-state index contributed by atoms with van der Waals surface area (Å²) < 4.78 is 5.31. The fraction of sp³-hybridized carbons (Fsp3) is 0.250. The standard InChI is InChI=1S/C28H28ClN3O5.Na/c29-22-11-12-23(28(35)36)24(17-22)30-25(33)18-37-19-26(34)31-13-15-32(16-14-31)27(20-7-3-1-4-8-20)21-9-5-2-6-10-21;/h1-12,17,27H,13-16,18-19H2,(H,30,33)(H,35,36);/q;+1/p-1. The Kier molecular flexibility index (Phi) is 11.3. The number of hydrogen-bond donors (Lipinski definition) is 1. The van der Waals surface area contributed by atoms with E-state index in [1.165, 1.54) is 29.3 Å². The zero-order valence-corrected chi connectivity index (χ0v) is 23.9. The van der Waals surface area contributed by atoms with Gasteiger partial charge in [0.25, 0.3) is 0 Å². The maximum atomic E-state index is 12.7. The van der Waals surface area contributed by atoms with E-state index in [2.05, 4.69) is 34.5 Å². The predicted molar refractivity (Wildman–Crippen MR) is 138 cm³/mol. The minimum atomic E-state index is -1.44. The fourth-order valence-electron chi connectivity index (χ4n) is 4.42. The first-order chi connectivity index (χ1) is 17.9. The molecule has 0 spiro atoms. The number of nitrogens with one attached hydrogen (secondary N) is 1. The van der Waals surface area contributed by atoms with Crippen LogP contribution in [0, 0.1) is 0 Å². The molecule has 1 fully saturated rings. The Hall–Kier alpha value is -2.72. The maximum absolute atomic E-state index is 12.7. The van der Waals surface area contributed by atoms with E-state index in [0.717, 1.165) is 0 Å².